The van der Waals surface area contributed by atoms with Gasteiger partial charge in [-0.05, 0) is 12.5 Å². The number of aliphatic hydroxyl groups is 1. The third-order valence-electron chi connectivity index (χ3n) is 3.20. The van der Waals surface area contributed by atoms with Crippen LogP contribution < -0.4 is 4.90 Å². The van der Waals surface area contributed by atoms with Crippen LogP contribution in [0, 0.1) is 0 Å². The van der Waals surface area contributed by atoms with Gasteiger partial charge in [0.25, 0.3) is 0 Å². The molecule has 1 aromatic carbocycles. The van der Waals surface area contributed by atoms with E-state index >= 15 is 0 Å². The number of benzene rings is 1. The molecule has 1 N–H and O–H groups in total. The Morgan fingerprint density at radius 3 is 2.94 bits per heavy atom. The lowest BCUT2D eigenvalue weighted by molar-refractivity contribution is -0.00694. The summed E-state index contributed by atoms with van der Waals surface area (Å²) in [5.41, 5.74) is 2.51. The topological polar surface area (TPSA) is 41.9 Å². The molecule has 1 aliphatic heterocycles. The van der Waals surface area contributed by atoms with Gasteiger partial charge in [0, 0.05) is 24.8 Å². The molecule has 0 saturated heterocycles. The molecule has 0 amide bonds. The molecule has 4 nitrogen and oxygen atoms in total. The van der Waals surface area contributed by atoms with Crippen molar-refractivity contribution in [1.82, 2.24) is 0 Å². The van der Waals surface area contributed by atoms with Crippen molar-refractivity contribution >= 4 is 5.69 Å². The Morgan fingerprint density at radius 2 is 2.11 bits per heavy atom. The fourth-order valence-electron chi connectivity index (χ4n) is 2.28. The largest absolute Gasteiger partial charge is 0.394 e. The molecule has 0 radical (unpaired) electrons. The molecular weight excluding hydrogens is 230 g/mol. The fourth-order valence-corrected chi connectivity index (χ4v) is 2.28. The summed E-state index contributed by atoms with van der Waals surface area (Å²) in [7, 11) is 2.11. The first-order valence-corrected chi connectivity index (χ1v) is 6.43. The van der Waals surface area contributed by atoms with Crippen LogP contribution in [0.2, 0.25) is 0 Å². The van der Waals surface area contributed by atoms with E-state index in [9.17, 15) is 0 Å². The summed E-state index contributed by atoms with van der Waals surface area (Å²) in [6.45, 7) is 2.57. The molecule has 2 rings (SSSR count). The zero-order valence-corrected chi connectivity index (χ0v) is 10.8. The number of rotatable bonds is 6. The van der Waals surface area contributed by atoms with Crippen molar-refractivity contribution < 1.29 is 14.6 Å². The van der Waals surface area contributed by atoms with Crippen LogP contribution in [0.3, 0.4) is 0 Å². The van der Waals surface area contributed by atoms with Crippen LogP contribution in [0.5, 0.6) is 0 Å². The van der Waals surface area contributed by atoms with Crippen molar-refractivity contribution in [3.8, 4) is 0 Å². The fraction of sp³-hybridized carbons (Fsp3) is 0.571. The van der Waals surface area contributed by atoms with Crippen LogP contribution in [-0.2, 0) is 9.47 Å². The van der Waals surface area contributed by atoms with E-state index in [-0.39, 0.29) is 12.7 Å². The third kappa shape index (κ3) is 3.22. The van der Waals surface area contributed by atoms with Crippen molar-refractivity contribution in [2.24, 2.45) is 0 Å². The molecule has 100 valence electrons. The van der Waals surface area contributed by atoms with Gasteiger partial charge in [0.2, 0.25) is 0 Å². The van der Waals surface area contributed by atoms with Gasteiger partial charge in [-0.3, -0.25) is 0 Å². The monoisotopic (exact) mass is 251 g/mol. The second-order valence-electron chi connectivity index (χ2n) is 4.46. The highest BCUT2D eigenvalue weighted by Gasteiger charge is 2.22. The van der Waals surface area contributed by atoms with Crippen molar-refractivity contribution in [3.63, 3.8) is 0 Å². The highest BCUT2D eigenvalue weighted by Crippen LogP contribution is 2.34. The molecule has 1 atom stereocenters. The predicted octanol–water partition coefficient (Wildman–Crippen LogP) is 1.59. The van der Waals surface area contributed by atoms with Gasteiger partial charge in [0.1, 0.15) is 0 Å². The average Bonchev–Trinajstić information content (AvgIpc) is 2.41. The minimum atomic E-state index is 0.0665. The number of hydrogen-bond acceptors (Lipinski definition) is 4. The minimum absolute atomic E-state index is 0.0665. The zero-order chi connectivity index (χ0) is 12.8. The van der Waals surface area contributed by atoms with Gasteiger partial charge in [0.05, 0.1) is 32.5 Å². The van der Waals surface area contributed by atoms with Crippen molar-refractivity contribution in [2.75, 3.05) is 44.9 Å². The van der Waals surface area contributed by atoms with Crippen LogP contribution in [0.25, 0.3) is 0 Å². The van der Waals surface area contributed by atoms with Crippen molar-refractivity contribution in [1.29, 1.82) is 0 Å². The smallest absolute Gasteiger partial charge is 0.0862 e. The number of nitrogens with zero attached hydrogens (tertiary/aromatic N) is 1. The molecule has 0 fully saturated rings. The maximum atomic E-state index is 8.60. The lowest BCUT2D eigenvalue weighted by atomic mass is 9.99. The zero-order valence-electron chi connectivity index (χ0n) is 10.8. The van der Waals surface area contributed by atoms with Crippen molar-refractivity contribution in [2.45, 2.75) is 12.5 Å². The number of para-hydroxylation sites is 1. The molecule has 1 unspecified atom stereocenters. The molecule has 4 heteroatoms. The average molecular weight is 251 g/mol. The predicted molar refractivity (Wildman–Crippen MR) is 70.9 cm³/mol. The number of fused-ring (bicyclic) bond motifs is 1. The molecule has 1 heterocycles. The summed E-state index contributed by atoms with van der Waals surface area (Å²) >= 11 is 0. The molecule has 0 spiro atoms. The molecule has 1 aromatic rings. The Morgan fingerprint density at radius 1 is 1.28 bits per heavy atom. The Kier molecular flexibility index (Phi) is 4.99. The molecule has 0 aliphatic carbocycles. The van der Waals surface area contributed by atoms with Crippen molar-refractivity contribution in [3.05, 3.63) is 29.8 Å². The molecule has 0 aromatic heterocycles. The Bertz CT molecular complexity index is 370. The van der Waals surface area contributed by atoms with Crippen LogP contribution in [-0.4, -0.2) is 45.1 Å². The van der Waals surface area contributed by atoms with Gasteiger partial charge in [-0.15, -0.1) is 0 Å². The van der Waals surface area contributed by atoms with Crippen LogP contribution in [0.4, 0.5) is 5.69 Å². The van der Waals surface area contributed by atoms with E-state index < -0.39 is 0 Å². The summed E-state index contributed by atoms with van der Waals surface area (Å²) in [5, 5.41) is 8.60. The van der Waals surface area contributed by atoms with E-state index in [1.807, 2.05) is 0 Å². The Balaban J connectivity index is 1.89. The molecule has 0 bridgehead atoms. The Hall–Kier alpha value is -1.10. The lowest BCUT2D eigenvalue weighted by Crippen LogP contribution is -2.28. The maximum absolute atomic E-state index is 8.60. The third-order valence-corrected chi connectivity index (χ3v) is 3.20. The SMILES string of the molecule is CN1CCC(OCCOCCO)c2ccccc21. The van der Waals surface area contributed by atoms with Gasteiger partial charge in [-0.25, -0.2) is 0 Å². The first kappa shape index (κ1) is 13.3. The van der Waals surface area contributed by atoms with Gasteiger partial charge in [0.15, 0.2) is 0 Å². The summed E-state index contributed by atoms with van der Waals surface area (Å²) in [6, 6.07) is 8.37. The van der Waals surface area contributed by atoms with Crippen LogP contribution in [0.1, 0.15) is 18.1 Å². The Labute approximate surface area is 108 Å². The van der Waals surface area contributed by atoms with E-state index in [0.29, 0.717) is 19.8 Å². The van der Waals surface area contributed by atoms with Crippen LogP contribution >= 0.6 is 0 Å². The second-order valence-corrected chi connectivity index (χ2v) is 4.46. The van der Waals surface area contributed by atoms with E-state index in [0.717, 1.165) is 13.0 Å². The number of hydrogen-bond donors (Lipinski definition) is 1. The van der Waals surface area contributed by atoms with Crippen LogP contribution in [0.15, 0.2) is 24.3 Å². The number of aliphatic hydroxyl groups excluding tert-OH is 1. The van der Waals surface area contributed by atoms with E-state index in [2.05, 4.69) is 36.2 Å². The van der Waals surface area contributed by atoms with E-state index in [4.69, 9.17) is 14.6 Å². The summed E-state index contributed by atoms with van der Waals surface area (Å²) in [4.78, 5) is 2.26. The van der Waals surface area contributed by atoms with Gasteiger partial charge >= 0.3 is 0 Å². The number of anilines is 1. The quantitative estimate of drug-likeness (QED) is 0.780. The molecular formula is C14H21NO3. The first-order valence-electron chi connectivity index (χ1n) is 6.43. The van der Waals surface area contributed by atoms with Gasteiger partial charge in [-0.2, -0.15) is 0 Å². The minimum Gasteiger partial charge on any atom is -0.394 e. The van der Waals surface area contributed by atoms with E-state index in [1.165, 1.54) is 11.3 Å². The van der Waals surface area contributed by atoms with E-state index in [1.54, 1.807) is 0 Å². The highest BCUT2D eigenvalue weighted by molar-refractivity contribution is 5.55. The van der Waals surface area contributed by atoms with Gasteiger partial charge in [-0.1, -0.05) is 18.2 Å². The molecule has 1 aliphatic rings. The second kappa shape index (κ2) is 6.73. The standard InChI is InChI=1S/C14H21NO3/c1-15-7-6-14(18-11-10-17-9-8-16)12-4-2-3-5-13(12)15/h2-5,14,16H,6-11H2,1H3. The summed E-state index contributed by atoms with van der Waals surface area (Å²) in [5.74, 6) is 0. The maximum Gasteiger partial charge on any atom is 0.0862 e. The normalized spacial score (nSPS) is 18.8. The molecule has 0 saturated carbocycles. The number of ether oxygens (including phenoxy) is 2. The van der Waals surface area contributed by atoms with Gasteiger partial charge < -0.3 is 19.5 Å². The lowest BCUT2D eigenvalue weighted by Gasteiger charge is -2.33. The first-order chi connectivity index (χ1) is 8.83. The molecule has 18 heavy (non-hydrogen) atoms. The summed E-state index contributed by atoms with van der Waals surface area (Å²) < 4.78 is 11.1. The summed E-state index contributed by atoms with van der Waals surface area (Å²) in [6.07, 6.45) is 1.17. The highest BCUT2D eigenvalue weighted by atomic mass is 16.5.